The van der Waals surface area contributed by atoms with Gasteiger partial charge >= 0.3 is 0 Å². The van der Waals surface area contributed by atoms with Gasteiger partial charge in [0.2, 0.25) is 11.7 Å². The summed E-state index contributed by atoms with van der Waals surface area (Å²) < 4.78 is 21.1. The summed E-state index contributed by atoms with van der Waals surface area (Å²) in [5, 5.41) is 9.43. The minimum atomic E-state index is -0.453. The second kappa shape index (κ2) is 11.8. The molecule has 1 saturated heterocycles. The molecule has 1 aliphatic heterocycles. The number of nitrogens with zero attached hydrogens (tertiary/aromatic N) is 4. The molecular weight excluding hydrogens is 419 g/mol. The highest BCUT2D eigenvalue weighted by Crippen LogP contribution is 2.21. The van der Waals surface area contributed by atoms with E-state index in [1.807, 2.05) is 44.2 Å². The molecule has 0 radical (unpaired) electrons. The maximum Gasteiger partial charge on any atom is 0.297 e. The van der Waals surface area contributed by atoms with Gasteiger partial charge in [0.05, 0.1) is 24.4 Å². The molecule has 4 rings (SSSR count). The molecule has 2 heterocycles. The Morgan fingerprint density at radius 1 is 1.09 bits per heavy atom. The molecule has 0 spiro atoms. The Balaban J connectivity index is 0.00000149. The van der Waals surface area contributed by atoms with Gasteiger partial charge in [-0.25, -0.2) is 9.37 Å². The number of hydrogen-bond donors (Lipinski definition) is 0. The van der Waals surface area contributed by atoms with Crippen LogP contribution in [-0.4, -0.2) is 22.6 Å². The highest BCUT2D eigenvalue weighted by atomic mass is 19.1. The quantitative estimate of drug-likeness (QED) is 0.537. The molecular formula is C26H29FN4O2. The average Bonchev–Trinajstić information content (AvgIpc) is 2.87. The van der Waals surface area contributed by atoms with Gasteiger partial charge in [-0.15, -0.1) is 0 Å². The van der Waals surface area contributed by atoms with Gasteiger partial charge in [0.1, 0.15) is 12.4 Å². The number of aromatic nitrogens is 2. The predicted molar refractivity (Wildman–Crippen MR) is 127 cm³/mol. The molecule has 0 N–H and O–H groups in total. The number of nitriles is 1. The van der Waals surface area contributed by atoms with Crippen molar-refractivity contribution in [2.45, 2.75) is 46.3 Å². The summed E-state index contributed by atoms with van der Waals surface area (Å²) in [4.78, 5) is 19.9. The van der Waals surface area contributed by atoms with Crippen LogP contribution in [0.3, 0.4) is 0 Å². The maximum absolute atomic E-state index is 13.9. The van der Waals surface area contributed by atoms with Gasteiger partial charge in [-0.2, -0.15) is 5.26 Å². The van der Waals surface area contributed by atoms with Crippen molar-refractivity contribution in [3.8, 4) is 11.8 Å². The first-order chi connectivity index (χ1) is 16.2. The summed E-state index contributed by atoms with van der Waals surface area (Å²) >= 11 is 0. The molecule has 0 atom stereocenters. The van der Waals surface area contributed by atoms with Crippen LogP contribution < -0.4 is 15.2 Å². The van der Waals surface area contributed by atoms with Crippen LogP contribution in [0.5, 0.6) is 5.75 Å². The Morgan fingerprint density at radius 3 is 2.52 bits per heavy atom. The van der Waals surface area contributed by atoms with Crippen LogP contribution in [0.1, 0.15) is 49.8 Å². The van der Waals surface area contributed by atoms with Crippen molar-refractivity contribution in [3.63, 3.8) is 0 Å². The molecule has 172 valence electrons. The van der Waals surface area contributed by atoms with Gasteiger partial charge in [0, 0.05) is 13.1 Å². The highest BCUT2D eigenvalue weighted by Gasteiger charge is 2.20. The summed E-state index contributed by atoms with van der Waals surface area (Å²) in [5.74, 6) is 0.190. The molecule has 1 aliphatic rings. The Hall–Kier alpha value is -3.66. The fourth-order valence-corrected chi connectivity index (χ4v) is 3.76. The molecule has 3 aromatic rings. The van der Waals surface area contributed by atoms with Crippen LogP contribution in [0.15, 0.2) is 59.5 Å². The molecule has 33 heavy (non-hydrogen) atoms. The summed E-state index contributed by atoms with van der Waals surface area (Å²) in [6, 6.07) is 15.6. The predicted octanol–water partition coefficient (Wildman–Crippen LogP) is 4.90. The summed E-state index contributed by atoms with van der Waals surface area (Å²) in [6.07, 6.45) is 4.64. The first kappa shape index (κ1) is 24.0. The second-order valence-corrected chi connectivity index (χ2v) is 7.55. The Morgan fingerprint density at radius 2 is 1.82 bits per heavy atom. The number of benzene rings is 2. The van der Waals surface area contributed by atoms with Crippen molar-refractivity contribution in [2.75, 3.05) is 18.0 Å². The molecule has 7 heteroatoms. The third-order valence-corrected chi connectivity index (χ3v) is 5.39. The lowest BCUT2D eigenvalue weighted by atomic mass is 10.1. The first-order valence-electron chi connectivity index (χ1n) is 11.4. The Labute approximate surface area is 193 Å². The molecule has 0 saturated carbocycles. The maximum atomic E-state index is 13.9. The van der Waals surface area contributed by atoms with Crippen LogP contribution >= 0.6 is 0 Å². The minimum Gasteiger partial charge on any atom is -0.482 e. The second-order valence-electron chi connectivity index (χ2n) is 7.55. The van der Waals surface area contributed by atoms with Crippen molar-refractivity contribution in [3.05, 3.63) is 87.6 Å². The van der Waals surface area contributed by atoms with Gasteiger partial charge in [-0.05, 0) is 48.6 Å². The third-order valence-electron chi connectivity index (χ3n) is 5.39. The Bertz CT molecular complexity index is 1150. The van der Waals surface area contributed by atoms with Crippen molar-refractivity contribution in [1.29, 1.82) is 5.26 Å². The molecule has 2 aromatic carbocycles. The summed E-state index contributed by atoms with van der Waals surface area (Å²) in [6.45, 7) is 5.88. The number of halogens is 1. The van der Waals surface area contributed by atoms with Crippen LogP contribution in [-0.2, 0) is 13.2 Å². The fraction of sp³-hybridized carbons (Fsp3) is 0.346. The van der Waals surface area contributed by atoms with Crippen molar-refractivity contribution in [1.82, 2.24) is 9.55 Å². The van der Waals surface area contributed by atoms with E-state index in [0.717, 1.165) is 37.9 Å². The SMILES string of the molecule is CC.N#Cc1ccc(F)cc1Cn1c(N2CCCCC2)ncc(OCc2ccccc2)c1=O. The lowest BCUT2D eigenvalue weighted by Gasteiger charge is -2.29. The standard InChI is InChI=1S/C24H23FN4O2.C2H6/c25-21-10-9-19(14-26)20(13-21)16-29-23(30)22(31-17-18-7-3-1-4-8-18)15-27-24(29)28-11-5-2-6-12-28;1-2/h1,3-4,7-10,13,15H,2,5-6,11-12,16-17H2;1-2H3. The van der Waals surface area contributed by atoms with E-state index in [-0.39, 0.29) is 24.5 Å². The number of anilines is 1. The first-order valence-corrected chi connectivity index (χ1v) is 11.4. The highest BCUT2D eigenvalue weighted by molar-refractivity contribution is 5.41. The zero-order chi connectivity index (χ0) is 23.6. The molecule has 6 nitrogen and oxygen atoms in total. The zero-order valence-electron chi connectivity index (χ0n) is 19.1. The van der Waals surface area contributed by atoms with Gasteiger partial charge in [-0.3, -0.25) is 9.36 Å². The van der Waals surface area contributed by atoms with Crippen molar-refractivity contribution < 1.29 is 9.13 Å². The van der Waals surface area contributed by atoms with Crippen molar-refractivity contribution in [2.24, 2.45) is 0 Å². The lowest BCUT2D eigenvalue weighted by molar-refractivity contribution is 0.297. The molecule has 0 bridgehead atoms. The van der Waals surface area contributed by atoms with E-state index in [1.165, 1.54) is 29.0 Å². The number of hydrogen-bond acceptors (Lipinski definition) is 5. The third kappa shape index (κ3) is 5.98. The van der Waals surface area contributed by atoms with E-state index >= 15 is 0 Å². The number of rotatable bonds is 6. The van der Waals surface area contributed by atoms with Gasteiger partial charge in [0.15, 0.2) is 0 Å². The van der Waals surface area contributed by atoms with Gasteiger partial charge in [0.25, 0.3) is 5.56 Å². The van der Waals surface area contributed by atoms with E-state index in [2.05, 4.69) is 16.0 Å². The topological polar surface area (TPSA) is 71.2 Å². The smallest absolute Gasteiger partial charge is 0.297 e. The monoisotopic (exact) mass is 448 g/mol. The molecule has 1 aromatic heterocycles. The van der Waals surface area contributed by atoms with E-state index in [0.29, 0.717) is 17.1 Å². The van der Waals surface area contributed by atoms with Crippen LogP contribution in [0, 0.1) is 17.1 Å². The normalized spacial score (nSPS) is 13.0. The van der Waals surface area contributed by atoms with E-state index in [4.69, 9.17) is 4.74 Å². The van der Waals surface area contributed by atoms with Crippen LogP contribution in [0.25, 0.3) is 0 Å². The fourth-order valence-electron chi connectivity index (χ4n) is 3.76. The molecule has 1 fully saturated rings. The van der Waals surface area contributed by atoms with Crippen LogP contribution in [0.2, 0.25) is 0 Å². The Kier molecular flexibility index (Phi) is 8.59. The number of ether oxygens (including phenoxy) is 1. The lowest BCUT2D eigenvalue weighted by Crippen LogP contribution is -2.37. The van der Waals surface area contributed by atoms with Crippen molar-refractivity contribution >= 4 is 5.95 Å². The number of piperidine rings is 1. The zero-order valence-corrected chi connectivity index (χ0v) is 19.1. The largest absolute Gasteiger partial charge is 0.482 e. The molecule has 0 aliphatic carbocycles. The van der Waals surface area contributed by atoms with Gasteiger partial charge < -0.3 is 9.64 Å². The van der Waals surface area contributed by atoms with E-state index in [9.17, 15) is 14.4 Å². The van der Waals surface area contributed by atoms with Gasteiger partial charge in [-0.1, -0.05) is 44.2 Å². The summed E-state index contributed by atoms with van der Waals surface area (Å²) in [7, 11) is 0. The summed E-state index contributed by atoms with van der Waals surface area (Å²) in [5.41, 5.74) is 1.35. The van der Waals surface area contributed by atoms with E-state index < -0.39 is 5.82 Å². The minimum absolute atomic E-state index is 0.0425. The van der Waals surface area contributed by atoms with Crippen LogP contribution in [0.4, 0.5) is 10.3 Å². The molecule has 0 unspecified atom stereocenters. The molecule has 0 amide bonds. The average molecular weight is 449 g/mol. The van der Waals surface area contributed by atoms with E-state index in [1.54, 1.807) is 0 Å².